The van der Waals surface area contributed by atoms with Crippen molar-refractivity contribution >= 4 is 35.4 Å². The van der Waals surface area contributed by atoms with Gasteiger partial charge in [0.05, 0.1) is 20.8 Å². The molecule has 3 aliphatic rings. The second-order valence-corrected chi connectivity index (χ2v) is 15.4. The van der Waals surface area contributed by atoms with Gasteiger partial charge in [-0.1, -0.05) is 50.6 Å². The van der Waals surface area contributed by atoms with Crippen molar-refractivity contribution in [2.45, 2.75) is 82.7 Å². The predicted octanol–water partition coefficient (Wildman–Crippen LogP) is 1.84. The second kappa shape index (κ2) is 19.7. The van der Waals surface area contributed by atoms with Gasteiger partial charge in [-0.3, -0.25) is 28.8 Å². The van der Waals surface area contributed by atoms with Crippen LogP contribution in [0, 0.1) is 5.92 Å². The lowest BCUT2D eigenvalue weighted by Crippen LogP contribution is -2.63. The van der Waals surface area contributed by atoms with Gasteiger partial charge in [-0.2, -0.15) is 0 Å². The number of nitrogens with one attached hydrogen (secondary N) is 3. The summed E-state index contributed by atoms with van der Waals surface area (Å²) in [5.74, 6) is -2.61. The van der Waals surface area contributed by atoms with Crippen molar-refractivity contribution in [2.24, 2.45) is 5.92 Å². The van der Waals surface area contributed by atoms with E-state index in [1.165, 1.54) is 52.1 Å². The summed E-state index contributed by atoms with van der Waals surface area (Å²) in [7, 11) is 7.36. The highest BCUT2D eigenvalue weighted by atomic mass is 16.5. The van der Waals surface area contributed by atoms with Crippen LogP contribution in [0.4, 0.5) is 0 Å². The second-order valence-electron chi connectivity index (χ2n) is 15.4. The lowest BCUT2D eigenvalue weighted by atomic mass is 9.94. The van der Waals surface area contributed by atoms with Crippen LogP contribution in [0.3, 0.4) is 0 Å². The van der Waals surface area contributed by atoms with E-state index in [1.54, 1.807) is 73.7 Å². The number of hydrogen-bond acceptors (Lipinski definition) is 10. The summed E-state index contributed by atoms with van der Waals surface area (Å²) >= 11 is 0. The Labute approximate surface area is 350 Å². The van der Waals surface area contributed by atoms with Crippen LogP contribution in [0.15, 0.2) is 66.7 Å². The molecular formula is C44H56N6O10. The first-order valence-electron chi connectivity index (χ1n) is 20.0. The van der Waals surface area contributed by atoms with E-state index in [-0.39, 0.29) is 19.3 Å². The molecule has 0 saturated carbocycles. The molecule has 4 N–H and O–H groups in total. The maximum atomic E-state index is 14.9. The normalized spacial score (nSPS) is 24.1. The smallest absolute Gasteiger partial charge is 0.247 e. The van der Waals surface area contributed by atoms with E-state index in [1.807, 2.05) is 6.92 Å². The molecule has 1 fully saturated rings. The molecule has 3 aromatic rings. The Hall–Kier alpha value is -6.16. The molecule has 0 radical (unpaired) electrons. The molecule has 0 spiro atoms. The summed E-state index contributed by atoms with van der Waals surface area (Å²) in [6.07, 6.45) is 0.463. The maximum absolute atomic E-state index is 14.9. The molecule has 3 aliphatic heterocycles. The molecular weight excluding hydrogens is 773 g/mol. The van der Waals surface area contributed by atoms with Crippen molar-refractivity contribution in [3.05, 3.63) is 83.4 Å². The highest BCUT2D eigenvalue weighted by Gasteiger charge is 2.41. The molecule has 7 atom stereocenters. The summed E-state index contributed by atoms with van der Waals surface area (Å²) in [4.78, 5) is 90.0. The quantitative estimate of drug-likeness (QED) is 0.273. The zero-order chi connectivity index (χ0) is 43.8. The van der Waals surface area contributed by atoms with Gasteiger partial charge in [0.15, 0.2) is 11.5 Å². The molecule has 3 aromatic carbocycles. The van der Waals surface area contributed by atoms with E-state index in [0.717, 1.165) is 4.90 Å². The number of fused-ring (bicyclic) bond motifs is 2. The Morgan fingerprint density at radius 2 is 1.37 bits per heavy atom. The number of aliphatic hydroxyl groups excluding tert-OH is 1. The summed E-state index contributed by atoms with van der Waals surface area (Å²) < 4.78 is 17.0. The summed E-state index contributed by atoms with van der Waals surface area (Å²) in [6, 6.07) is 11.6. The first kappa shape index (κ1) is 44.9. The molecule has 7 unspecified atom stereocenters. The van der Waals surface area contributed by atoms with E-state index in [9.17, 15) is 33.9 Å². The number of amides is 6. The molecule has 16 heteroatoms. The van der Waals surface area contributed by atoms with Crippen LogP contribution in [0.5, 0.6) is 23.0 Å². The molecule has 322 valence electrons. The Kier molecular flexibility index (Phi) is 14.8. The number of carbonyl (C=O) groups is 6. The third kappa shape index (κ3) is 10.2. The molecule has 6 rings (SSSR count). The van der Waals surface area contributed by atoms with Gasteiger partial charge in [0.25, 0.3) is 0 Å². The van der Waals surface area contributed by atoms with E-state index in [4.69, 9.17) is 14.2 Å². The van der Waals surface area contributed by atoms with Gasteiger partial charge in [-0.05, 0) is 65.9 Å². The van der Waals surface area contributed by atoms with Gasteiger partial charge < -0.3 is 50.0 Å². The molecule has 3 heterocycles. The number of carbonyl (C=O) groups excluding carboxylic acids is 6. The van der Waals surface area contributed by atoms with E-state index in [0.29, 0.717) is 46.1 Å². The number of aliphatic hydroxyl groups is 1. The standard InChI is InChI=1S/C44H56N6O10/c1-9-25(2)38-44(57)50(6)35-21-28-12-17-31(18-13-28)60-37-23-29(14-19-36(37)59-8)22-34(49(5)43(35)56)40(53)45-26(3)39(52)46-32(24-51)42(55)48(4)33(41(54)47-38)20-27-10-15-30(58-7)16-11-27/h10-19,23,25-26,32-35,38,51H,9,20-22,24H2,1-8H3,(H,45,53)(H,46,52)(H,47,54). The average molecular weight is 829 g/mol. The zero-order valence-corrected chi connectivity index (χ0v) is 35.4. The molecule has 0 aromatic heterocycles. The number of methoxy groups -OCH3 is 2. The van der Waals surface area contributed by atoms with Crippen molar-refractivity contribution in [3.63, 3.8) is 0 Å². The minimum Gasteiger partial charge on any atom is -0.497 e. The fraction of sp³-hybridized carbons (Fsp3) is 0.455. The van der Waals surface area contributed by atoms with Crippen molar-refractivity contribution in [2.75, 3.05) is 42.0 Å². The van der Waals surface area contributed by atoms with Gasteiger partial charge in [0, 0.05) is 40.4 Å². The summed E-state index contributed by atoms with van der Waals surface area (Å²) in [5, 5.41) is 18.5. The predicted molar refractivity (Wildman–Crippen MR) is 221 cm³/mol. The third-order valence-corrected chi connectivity index (χ3v) is 11.5. The van der Waals surface area contributed by atoms with Crippen molar-refractivity contribution in [3.8, 4) is 23.0 Å². The lowest BCUT2D eigenvalue weighted by molar-refractivity contribution is -0.150. The Morgan fingerprint density at radius 1 is 0.733 bits per heavy atom. The van der Waals surface area contributed by atoms with Crippen LogP contribution in [0.1, 0.15) is 43.9 Å². The van der Waals surface area contributed by atoms with Gasteiger partial charge in [0.2, 0.25) is 35.4 Å². The molecule has 6 amide bonds. The van der Waals surface area contributed by atoms with Crippen LogP contribution < -0.4 is 30.2 Å². The highest BCUT2D eigenvalue weighted by molar-refractivity contribution is 5.98. The first-order valence-corrected chi connectivity index (χ1v) is 20.0. The number of ether oxygens (including phenoxy) is 3. The first-order chi connectivity index (χ1) is 28.6. The molecule has 60 heavy (non-hydrogen) atoms. The van der Waals surface area contributed by atoms with Crippen molar-refractivity contribution in [1.82, 2.24) is 30.7 Å². The molecule has 0 aliphatic carbocycles. The number of hydrogen-bond donors (Lipinski definition) is 4. The lowest BCUT2D eigenvalue weighted by Gasteiger charge is -2.38. The van der Waals surface area contributed by atoms with Crippen LogP contribution in [0.2, 0.25) is 0 Å². The monoisotopic (exact) mass is 828 g/mol. The third-order valence-electron chi connectivity index (χ3n) is 11.5. The van der Waals surface area contributed by atoms with Crippen LogP contribution >= 0.6 is 0 Å². The van der Waals surface area contributed by atoms with Gasteiger partial charge in [-0.15, -0.1) is 0 Å². The van der Waals surface area contributed by atoms with Crippen molar-refractivity contribution < 1.29 is 48.1 Å². The van der Waals surface area contributed by atoms with E-state index >= 15 is 0 Å². The van der Waals surface area contributed by atoms with E-state index < -0.39 is 84.2 Å². The van der Waals surface area contributed by atoms with Gasteiger partial charge >= 0.3 is 0 Å². The Bertz CT molecular complexity index is 2040. The maximum Gasteiger partial charge on any atom is 0.247 e. The minimum atomic E-state index is -1.50. The fourth-order valence-electron chi connectivity index (χ4n) is 7.33. The van der Waals surface area contributed by atoms with E-state index in [2.05, 4.69) is 16.0 Å². The van der Waals surface area contributed by atoms with Gasteiger partial charge in [-0.25, -0.2) is 0 Å². The highest BCUT2D eigenvalue weighted by Crippen LogP contribution is 2.34. The number of rotatable bonds is 7. The zero-order valence-electron chi connectivity index (χ0n) is 35.4. The Morgan fingerprint density at radius 3 is 1.98 bits per heavy atom. The minimum absolute atomic E-state index is 0.00340. The van der Waals surface area contributed by atoms with Crippen LogP contribution in [0.25, 0.3) is 0 Å². The number of likely N-dealkylation sites (N-methyl/N-ethyl adjacent to an activating group) is 3. The molecule has 16 nitrogen and oxygen atoms in total. The van der Waals surface area contributed by atoms with Crippen molar-refractivity contribution in [1.29, 1.82) is 0 Å². The van der Waals surface area contributed by atoms with Gasteiger partial charge in [0.1, 0.15) is 47.8 Å². The molecule has 1 saturated heterocycles. The Balaban J connectivity index is 1.64. The summed E-state index contributed by atoms with van der Waals surface area (Å²) in [6.45, 7) is 4.26. The van der Waals surface area contributed by atoms with Crippen LogP contribution in [-0.4, -0.2) is 133 Å². The topological polar surface area (TPSA) is 196 Å². The molecule has 6 bridgehead atoms. The largest absolute Gasteiger partial charge is 0.497 e. The fourth-order valence-corrected chi connectivity index (χ4v) is 7.33. The van der Waals surface area contributed by atoms with Crippen LogP contribution in [-0.2, 0) is 48.0 Å². The number of nitrogens with zero attached hydrogens (tertiary/aromatic N) is 3. The average Bonchev–Trinajstić information content (AvgIpc) is 3.25. The SMILES string of the molecule is CCC(C)C1NC(=O)C(Cc2ccc(OC)cc2)N(C)C(=O)C(CO)NC(=O)C(C)NC(=O)C2Cc3ccc(OC)c(c3)Oc3ccc(cc3)CC(C(=O)N2C)N(C)C1=O. The number of benzene rings is 3. The summed E-state index contributed by atoms with van der Waals surface area (Å²) in [5.41, 5.74) is 1.94.